The minimum absolute atomic E-state index is 0.986. The Morgan fingerprint density at radius 1 is 0.667 bits per heavy atom. The molecule has 0 spiro atoms. The van der Waals surface area contributed by atoms with Gasteiger partial charge in [-0.1, -0.05) is 88.7 Å². The lowest BCUT2D eigenvalue weighted by atomic mass is 9.91. The number of hydrogen-bond donors (Lipinski definition) is 0. The zero-order chi connectivity index (χ0) is 20.1. The van der Waals surface area contributed by atoms with E-state index in [1.807, 2.05) is 6.07 Å². The smallest absolute Gasteiger partial charge is 0.0991 e. The van der Waals surface area contributed by atoms with Crippen LogP contribution in [0.2, 0.25) is 0 Å². The monoisotopic (exact) mass is 448 g/mol. The molecule has 5 aromatic rings. The van der Waals surface area contributed by atoms with Gasteiger partial charge in [0.2, 0.25) is 0 Å². The number of rotatable bonds is 2. The molecule has 1 aliphatic rings. The largest absolute Gasteiger partial charge is 0.232 e. The van der Waals surface area contributed by atoms with Crippen LogP contribution in [-0.2, 0) is 0 Å². The second kappa shape index (κ2) is 6.82. The Labute approximate surface area is 183 Å². The van der Waals surface area contributed by atoms with Crippen molar-refractivity contribution in [1.82, 2.24) is 0 Å². The van der Waals surface area contributed by atoms with Crippen LogP contribution >= 0.6 is 15.9 Å². The van der Waals surface area contributed by atoms with Gasteiger partial charge in [-0.05, 0) is 46.5 Å². The van der Waals surface area contributed by atoms with Crippen molar-refractivity contribution in [2.45, 2.75) is 0 Å². The SMILES string of the molecule is Brc1ccc(C2=NN(c3ccccc3)c3cc4ccccc4c4cccc2c34)cc1. The summed E-state index contributed by atoms with van der Waals surface area (Å²) in [7, 11) is 0. The second-order valence-corrected chi connectivity index (χ2v) is 8.36. The van der Waals surface area contributed by atoms with Gasteiger partial charge in [-0.3, -0.25) is 0 Å². The van der Waals surface area contributed by atoms with E-state index < -0.39 is 0 Å². The van der Waals surface area contributed by atoms with E-state index in [0.717, 1.165) is 27.1 Å². The van der Waals surface area contributed by atoms with Crippen molar-refractivity contribution >= 4 is 54.6 Å². The van der Waals surface area contributed by atoms with Gasteiger partial charge in [0.25, 0.3) is 0 Å². The van der Waals surface area contributed by atoms with E-state index in [-0.39, 0.29) is 0 Å². The summed E-state index contributed by atoms with van der Waals surface area (Å²) in [6.07, 6.45) is 0. The summed E-state index contributed by atoms with van der Waals surface area (Å²) in [5, 5.41) is 12.2. The molecule has 0 bridgehead atoms. The molecule has 0 aliphatic carbocycles. The predicted molar refractivity (Wildman–Crippen MR) is 130 cm³/mol. The fourth-order valence-corrected chi connectivity index (χ4v) is 4.56. The average molecular weight is 449 g/mol. The van der Waals surface area contributed by atoms with Gasteiger partial charge in [0.1, 0.15) is 0 Å². The summed E-state index contributed by atoms with van der Waals surface area (Å²) < 4.78 is 1.06. The summed E-state index contributed by atoms with van der Waals surface area (Å²) in [4.78, 5) is 0. The van der Waals surface area contributed by atoms with Crippen LogP contribution in [0.25, 0.3) is 21.5 Å². The fourth-order valence-electron chi connectivity index (χ4n) is 4.30. The Bertz CT molecular complexity index is 1440. The Morgan fingerprint density at radius 3 is 2.23 bits per heavy atom. The molecular formula is C27H17BrN2. The van der Waals surface area contributed by atoms with Crippen LogP contribution in [0.5, 0.6) is 0 Å². The average Bonchev–Trinajstić information content (AvgIpc) is 2.81. The highest BCUT2D eigenvalue weighted by molar-refractivity contribution is 9.10. The highest BCUT2D eigenvalue weighted by atomic mass is 79.9. The number of halogens is 1. The maximum absolute atomic E-state index is 5.16. The summed E-state index contributed by atoms with van der Waals surface area (Å²) >= 11 is 3.55. The summed E-state index contributed by atoms with van der Waals surface area (Å²) in [5.74, 6) is 0. The molecule has 0 fully saturated rings. The van der Waals surface area contributed by atoms with Crippen molar-refractivity contribution in [2.75, 3.05) is 5.01 Å². The number of benzene rings is 5. The van der Waals surface area contributed by atoms with E-state index in [2.05, 4.69) is 118 Å². The van der Waals surface area contributed by atoms with Gasteiger partial charge in [-0.2, -0.15) is 5.10 Å². The van der Waals surface area contributed by atoms with Crippen LogP contribution in [0.1, 0.15) is 11.1 Å². The van der Waals surface area contributed by atoms with E-state index in [4.69, 9.17) is 5.10 Å². The van der Waals surface area contributed by atoms with Crippen molar-refractivity contribution in [2.24, 2.45) is 5.10 Å². The molecule has 0 atom stereocenters. The van der Waals surface area contributed by atoms with Crippen molar-refractivity contribution in [3.8, 4) is 0 Å². The van der Waals surface area contributed by atoms with Crippen LogP contribution in [0.4, 0.5) is 11.4 Å². The van der Waals surface area contributed by atoms with Gasteiger partial charge in [0.05, 0.1) is 17.1 Å². The maximum Gasteiger partial charge on any atom is 0.0991 e. The lowest BCUT2D eigenvalue weighted by Gasteiger charge is -2.29. The molecule has 0 N–H and O–H groups in total. The van der Waals surface area contributed by atoms with E-state index in [9.17, 15) is 0 Å². The normalized spacial score (nSPS) is 13.0. The molecule has 3 heteroatoms. The van der Waals surface area contributed by atoms with E-state index >= 15 is 0 Å². The molecule has 6 rings (SSSR count). The number of hydrazone groups is 1. The molecule has 30 heavy (non-hydrogen) atoms. The first-order valence-electron chi connectivity index (χ1n) is 9.94. The second-order valence-electron chi connectivity index (χ2n) is 7.45. The molecular weight excluding hydrogens is 432 g/mol. The Balaban J connectivity index is 1.73. The standard InChI is InChI=1S/C27H17BrN2/c28-20-15-13-18(14-16-20)27-24-12-6-11-23-22-10-5-4-7-19(22)17-25(26(23)24)30(29-27)21-8-2-1-3-9-21/h1-17H. The Hall–Kier alpha value is -3.43. The lowest BCUT2D eigenvalue weighted by molar-refractivity contribution is 1.08. The molecule has 0 saturated carbocycles. The molecule has 0 radical (unpaired) electrons. The summed E-state index contributed by atoms with van der Waals surface area (Å²) in [6.45, 7) is 0. The molecule has 5 aromatic carbocycles. The Kier molecular flexibility index (Phi) is 3.96. The van der Waals surface area contributed by atoms with Crippen LogP contribution in [0.3, 0.4) is 0 Å². The van der Waals surface area contributed by atoms with Gasteiger partial charge in [-0.25, -0.2) is 5.01 Å². The third kappa shape index (κ3) is 2.66. The van der Waals surface area contributed by atoms with Crippen LogP contribution < -0.4 is 5.01 Å². The van der Waals surface area contributed by atoms with Gasteiger partial charge in [0.15, 0.2) is 0 Å². The number of hydrogen-bond acceptors (Lipinski definition) is 2. The van der Waals surface area contributed by atoms with Gasteiger partial charge in [-0.15, -0.1) is 0 Å². The first-order chi connectivity index (χ1) is 14.8. The lowest BCUT2D eigenvalue weighted by Crippen LogP contribution is -2.20. The predicted octanol–water partition coefficient (Wildman–Crippen LogP) is 7.66. The van der Waals surface area contributed by atoms with Gasteiger partial charge >= 0.3 is 0 Å². The molecule has 0 saturated heterocycles. The third-order valence-electron chi connectivity index (χ3n) is 5.67. The van der Waals surface area contributed by atoms with Gasteiger partial charge in [0, 0.05) is 21.0 Å². The van der Waals surface area contributed by atoms with Crippen LogP contribution in [0.15, 0.2) is 113 Å². The molecule has 1 aliphatic heterocycles. The van der Waals surface area contributed by atoms with E-state index in [1.165, 1.54) is 27.1 Å². The van der Waals surface area contributed by atoms with Crippen molar-refractivity contribution in [3.05, 3.63) is 119 Å². The summed E-state index contributed by atoms with van der Waals surface area (Å²) in [5.41, 5.74) is 5.43. The van der Waals surface area contributed by atoms with Crippen LogP contribution in [-0.4, -0.2) is 5.71 Å². The molecule has 0 unspecified atom stereocenters. The van der Waals surface area contributed by atoms with Gasteiger partial charge < -0.3 is 0 Å². The first kappa shape index (κ1) is 17.4. The van der Waals surface area contributed by atoms with Crippen molar-refractivity contribution < 1.29 is 0 Å². The Morgan fingerprint density at radius 2 is 1.40 bits per heavy atom. The van der Waals surface area contributed by atoms with E-state index in [1.54, 1.807) is 0 Å². The molecule has 2 nitrogen and oxygen atoms in total. The highest BCUT2D eigenvalue weighted by Crippen LogP contribution is 2.42. The molecule has 0 aromatic heterocycles. The number of nitrogens with zero attached hydrogens (tertiary/aromatic N) is 2. The maximum atomic E-state index is 5.16. The van der Waals surface area contributed by atoms with E-state index in [0.29, 0.717) is 0 Å². The summed E-state index contributed by atoms with van der Waals surface area (Å²) in [6, 6.07) is 36.1. The number of fused-ring (bicyclic) bond motifs is 2. The molecule has 0 amide bonds. The fraction of sp³-hybridized carbons (Fsp3) is 0. The third-order valence-corrected chi connectivity index (χ3v) is 6.19. The molecule has 1 heterocycles. The van der Waals surface area contributed by atoms with Crippen LogP contribution in [0, 0.1) is 0 Å². The first-order valence-corrected chi connectivity index (χ1v) is 10.7. The molecule has 142 valence electrons. The minimum Gasteiger partial charge on any atom is -0.232 e. The number of para-hydroxylation sites is 1. The quantitative estimate of drug-likeness (QED) is 0.253. The number of anilines is 2. The highest BCUT2D eigenvalue weighted by Gasteiger charge is 2.25. The zero-order valence-corrected chi connectivity index (χ0v) is 17.7. The van der Waals surface area contributed by atoms with Crippen molar-refractivity contribution in [3.63, 3.8) is 0 Å². The van der Waals surface area contributed by atoms with Crippen molar-refractivity contribution in [1.29, 1.82) is 0 Å². The topological polar surface area (TPSA) is 15.6 Å². The minimum atomic E-state index is 0.986. The zero-order valence-electron chi connectivity index (χ0n) is 16.1.